The second kappa shape index (κ2) is 11.3. The van der Waals surface area contributed by atoms with Gasteiger partial charge < -0.3 is 4.57 Å². The molecule has 1 aliphatic rings. The number of aromatic nitrogens is 1. The van der Waals surface area contributed by atoms with Crippen molar-refractivity contribution in [2.24, 2.45) is 0 Å². The Morgan fingerprint density at radius 2 is 1.05 bits per heavy atom. The standard InChI is InChI=1S/C53H35NS/c1-53(2)46-25-24-42-41-14-8-9-15-50(41)55-52(42)51(46)43-23-21-38(31-47(43)53)54-48-26-19-35(32-10-4-3-5-11-32)29-44(48)45-30-36(20-27-49(45)54)34-18-22-40-37(28-34)17-16-33-12-6-7-13-39(33)40/h3-31H,1-2H3. The van der Waals surface area contributed by atoms with E-state index in [1.165, 1.54) is 114 Å². The van der Waals surface area contributed by atoms with E-state index in [1.807, 2.05) is 11.3 Å². The minimum Gasteiger partial charge on any atom is -0.309 e. The van der Waals surface area contributed by atoms with Gasteiger partial charge in [0, 0.05) is 47.6 Å². The highest BCUT2D eigenvalue weighted by molar-refractivity contribution is 7.26. The van der Waals surface area contributed by atoms with Gasteiger partial charge in [0.15, 0.2) is 0 Å². The van der Waals surface area contributed by atoms with E-state index in [9.17, 15) is 0 Å². The lowest BCUT2D eigenvalue weighted by molar-refractivity contribution is 0.660. The molecule has 0 saturated carbocycles. The highest BCUT2D eigenvalue weighted by Crippen LogP contribution is 2.54. The maximum Gasteiger partial charge on any atom is 0.0541 e. The van der Waals surface area contributed by atoms with Crippen molar-refractivity contribution in [1.29, 1.82) is 0 Å². The Bertz CT molecular complexity index is 3400. The molecule has 0 saturated heterocycles. The van der Waals surface area contributed by atoms with Gasteiger partial charge in [-0.15, -0.1) is 11.3 Å². The molecular weight excluding hydrogens is 683 g/mol. The molecule has 2 heteroatoms. The third-order valence-electron chi connectivity index (χ3n) is 12.4. The molecule has 2 aromatic heterocycles. The molecule has 1 aliphatic carbocycles. The van der Waals surface area contributed by atoms with Gasteiger partial charge in [0.05, 0.1) is 11.0 Å². The van der Waals surface area contributed by atoms with Gasteiger partial charge in [0.25, 0.3) is 0 Å². The fourth-order valence-electron chi connectivity index (χ4n) is 9.61. The summed E-state index contributed by atoms with van der Waals surface area (Å²) in [5, 5.41) is 10.4. The molecule has 0 atom stereocenters. The van der Waals surface area contributed by atoms with Crippen LogP contribution in [0.25, 0.3) is 103 Å². The van der Waals surface area contributed by atoms with E-state index in [-0.39, 0.29) is 5.41 Å². The molecule has 258 valence electrons. The van der Waals surface area contributed by atoms with Crippen LogP contribution in [0.5, 0.6) is 0 Å². The van der Waals surface area contributed by atoms with Crippen molar-refractivity contribution >= 4 is 74.9 Å². The lowest BCUT2D eigenvalue weighted by atomic mass is 9.82. The van der Waals surface area contributed by atoms with Gasteiger partial charge in [-0.2, -0.15) is 0 Å². The van der Waals surface area contributed by atoms with Crippen LogP contribution >= 0.6 is 11.3 Å². The van der Waals surface area contributed by atoms with Crippen molar-refractivity contribution < 1.29 is 0 Å². The van der Waals surface area contributed by atoms with Crippen LogP contribution < -0.4 is 0 Å². The van der Waals surface area contributed by atoms with Crippen LogP contribution in [-0.2, 0) is 5.41 Å². The van der Waals surface area contributed by atoms with E-state index in [0.29, 0.717) is 0 Å². The molecule has 12 rings (SSSR count). The third kappa shape index (κ3) is 4.40. The maximum absolute atomic E-state index is 2.49. The fourth-order valence-corrected chi connectivity index (χ4v) is 10.9. The number of hydrogen-bond donors (Lipinski definition) is 0. The number of benzene rings is 9. The summed E-state index contributed by atoms with van der Waals surface area (Å²) in [5.41, 5.74) is 14.0. The quantitative estimate of drug-likeness (QED) is 0.160. The van der Waals surface area contributed by atoms with E-state index in [1.54, 1.807) is 0 Å². The summed E-state index contributed by atoms with van der Waals surface area (Å²) in [6.07, 6.45) is 0. The molecule has 0 radical (unpaired) electrons. The predicted octanol–water partition coefficient (Wildman–Crippen LogP) is 15.1. The summed E-state index contributed by atoms with van der Waals surface area (Å²) >= 11 is 1.93. The fraction of sp³-hybridized carbons (Fsp3) is 0.0566. The number of fused-ring (bicyclic) bond motifs is 13. The lowest BCUT2D eigenvalue weighted by Gasteiger charge is -2.22. The first-order chi connectivity index (χ1) is 27.0. The molecule has 0 aliphatic heterocycles. The van der Waals surface area contributed by atoms with E-state index >= 15 is 0 Å². The van der Waals surface area contributed by atoms with Crippen LogP contribution in [-0.4, -0.2) is 4.57 Å². The number of nitrogens with zero attached hydrogens (tertiary/aromatic N) is 1. The zero-order chi connectivity index (χ0) is 36.4. The van der Waals surface area contributed by atoms with Crippen molar-refractivity contribution in [3.05, 3.63) is 187 Å². The molecule has 2 heterocycles. The molecule has 0 N–H and O–H groups in total. The average molecular weight is 718 g/mol. The van der Waals surface area contributed by atoms with Gasteiger partial charge in [-0.3, -0.25) is 0 Å². The molecule has 0 bridgehead atoms. The first kappa shape index (κ1) is 30.9. The van der Waals surface area contributed by atoms with Gasteiger partial charge in [-0.05, 0) is 109 Å². The lowest BCUT2D eigenvalue weighted by Crippen LogP contribution is -2.15. The molecular formula is C53H35NS. The summed E-state index contributed by atoms with van der Waals surface area (Å²) in [6.45, 7) is 4.80. The number of thiophene rings is 1. The van der Waals surface area contributed by atoms with E-state index in [4.69, 9.17) is 0 Å². The SMILES string of the molecule is CC1(C)c2cc(-n3c4ccc(-c5ccccc5)cc4c4cc(-c5ccc6c(ccc7ccccc76)c5)ccc43)ccc2-c2c1ccc1c2sc2ccccc21. The molecule has 0 amide bonds. The Balaban J connectivity index is 1.07. The van der Waals surface area contributed by atoms with Gasteiger partial charge >= 0.3 is 0 Å². The van der Waals surface area contributed by atoms with Crippen molar-refractivity contribution in [3.63, 3.8) is 0 Å². The third-order valence-corrected chi connectivity index (χ3v) is 13.6. The molecule has 9 aromatic carbocycles. The second-order valence-electron chi connectivity index (χ2n) is 15.7. The van der Waals surface area contributed by atoms with Crippen LogP contribution in [0.4, 0.5) is 0 Å². The highest BCUT2D eigenvalue weighted by Gasteiger charge is 2.37. The summed E-state index contributed by atoms with van der Waals surface area (Å²) < 4.78 is 5.24. The van der Waals surface area contributed by atoms with Gasteiger partial charge in [-0.1, -0.05) is 141 Å². The van der Waals surface area contributed by atoms with Crippen LogP contribution in [0.3, 0.4) is 0 Å². The zero-order valence-electron chi connectivity index (χ0n) is 30.6. The minimum absolute atomic E-state index is 0.126. The molecule has 55 heavy (non-hydrogen) atoms. The van der Waals surface area contributed by atoms with Crippen LogP contribution in [0.1, 0.15) is 25.0 Å². The topological polar surface area (TPSA) is 4.93 Å². The summed E-state index contributed by atoms with van der Waals surface area (Å²) in [4.78, 5) is 0. The van der Waals surface area contributed by atoms with Crippen molar-refractivity contribution in [2.75, 3.05) is 0 Å². The first-order valence-electron chi connectivity index (χ1n) is 19.2. The Morgan fingerprint density at radius 1 is 0.418 bits per heavy atom. The van der Waals surface area contributed by atoms with Crippen LogP contribution in [0.15, 0.2) is 176 Å². The Morgan fingerprint density at radius 3 is 1.87 bits per heavy atom. The smallest absolute Gasteiger partial charge is 0.0541 e. The largest absolute Gasteiger partial charge is 0.309 e. The summed E-state index contributed by atoms with van der Waals surface area (Å²) in [7, 11) is 0. The molecule has 1 nitrogen and oxygen atoms in total. The first-order valence-corrected chi connectivity index (χ1v) is 20.0. The van der Waals surface area contributed by atoms with Crippen molar-refractivity contribution in [1.82, 2.24) is 4.57 Å². The molecule has 0 spiro atoms. The predicted molar refractivity (Wildman–Crippen MR) is 237 cm³/mol. The number of rotatable bonds is 3. The van der Waals surface area contributed by atoms with Crippen molar-refractivity contribution in [3.8, 4) is 39.1 Å². The Kier molecular flexibility index (Phi) is 6.34. The monoisotopic (exact) mass is 717 g/mol. The average Bonchev–Trinajstić information content (AvgIpc) is 3.85. The van der Waals surface area contributed by atoms with Gasteiger partial charge in [0.2, 0.25) is 0 Å². The normalized spacial score (nSPS) is 13.4. The maximum atomic E-state index is 2.49. The zero-order valence-corrected chi connectivity index (χ0v) is 31.4. The van der Waals surface area contributed by atoms with E-state index in [2.05, 4.69) is 194 Å². The van der Waals surface area contributed by atoms with Gasteiger partial charge in [0.1, 0.15) is 0 Å². The van der Waals surface area contributed by atoms with Gasteiger partial charge in [-0.25, -0.2) is 0 Å². The van der Waals surface area contributed by atoms with Crippen molar-refractivity contribution in [2.45, 2.75) is 19.3 Å². The van der Waals surface area contributed by atoms with Crippen LogP contribution in [0, 0.1) is 0 Å². The molecule has 11 aromatic rings. The summed E-state index contributed by atoms with van der Waals surface area (Å²) in [6, 6.07) is 65.7. The Hall–Kier alpha value is -6.48. The van der Waals surface area contributed by atoms with Crippen LogP contribution in [0.2, 0.25) is 0 Å². The number of hydrogen-bond acceptors (Lipinski definition) is 1. The molecule has 0 unspecified atom stereocenters. The second-order valence-corrected chi connectivity index (χ2v) is 16.8. The van der Waals surface area contributed by atoms with E-state index < -0.39 is 0 Å². The Labute approximate surface area is 323 Å². The molecule has 0 fully saturated rings. The minimum atomic E-state index is -0.126. The summed E-state index contributed by atoms with van der Waals surface area (Å²) in [5.74, 6) is 0. The van der Waals surface area contributed by atoms with E-state index in [0.717, 1.165) is 0 Å². The highest BCUT2D eigenvalue weighted by atomic mass is 32.1.